The zero-order chi connectivity index (χ0) is 25.0. The second-order valence-electron chi connectivity index (χ2n) is 8.47. The van der Waals surface area contributed by atoms with E-state index in [1.165, 1.54) is 41.7 Å². The maximum atomic E-state index is 13.6. The lowest BCUT2D eigenvalue weighted by atomic mass is 10.1. The fourth-order valence-electron chi connectivity index (χ4n) is 4.27. The van der Waals surface area contributed by atoms with E-state index in [9.17, 15) is 22.4 Å². The van der Waals surface area contributed by atoms with Gasteiger partial charge in [-0.25, -0.2) is 4.39 Å². The van der Waals surface area contributed by atoms with E-state index < -0.39 is 17.6 Å². The maximum Gasteiger partial charge on any atom is 0.418 e. The van der Waals surface area contributed by atoms with Crippen LogP contribution in [0, 0.1) is 5.82 Å². The van der Waals surface area contributed by atoms with Gasteiger partial charge in [0.1, 0.15) is 11.9 Å². The Morgan fingerprint density at radius 3 is 2.46 bits per heavy atom. The highest BCUT2D eigenvalue weighted by atomic mass is 32.2. The minimum Gasteiger partial charge on any atom is -0.326 e. The summed E-state index contributed by atoms with van der Waals surface area (Å²) in [4.78, 5) is 13.9. The van der Waals surface area contributed by atoms with Crippen molar-refractivity contribution in [2.75, 3.05) is 24.2 Å². The number of benzene rings is 2. The lowest BCUT2D eigenvalue weighted by Crippen LogP contribution is -3.12. The smallest absolute Gasteiger partial charge is 0.326 e. The largest absolute Gasteiger partial charge is 0.418 e. The molecule has 11 heteroatoms. The fourth-order valence-corrected chi connectivity index (χ4v) is 5.02. The van der Waals surface area contributed by atoms with Crippen LogP contribution in [0.3, 0.4) is 0 Å². The number of quaternary nitrogens is 1. The van der Waals surface area contributed by atoms with Crippen LogP contribution in [0.5, 0.6) is 0 Å². The summed E-state index contributed by atoms with van der Waals surface area (Å²) in [6.45, 7) is 4.10. The zero-order valence-corrected chi connectivity index (χ0v) is 19.9. The van der Waals surface area contributed by atoms with Crippen molar-refractivity contribution in [2.45, 2.75) is 43.6 Å². The Morgan fingerprint density at radius 1 is 1.09 bits per heavy atom. The molecule has 3 aromatic rings. The van der Waals surface area contributed by atoms with Gasteiger partial charge in [0.15, 0.2) is 11.0 Å². The molecule has 1 atom stereocenters. The van der Waals surface area contributed by atoms with E-state index >= 15 is 0 Å². The first-order valence-electron chi connectivity index (χ1n) is 11.4. The summed E-state index contributed by atoms with van der Waals surface area (Å²) >= 11 is 1.06. The fraction of sp³-hybridized carbons (Fsp3) is 0.375. The molecule has 2 N–H and O–H groups in total. The Bertz CT molecular complexity index is 1160. The first-order chi connectivity index (χ1) is 16.7. The van der Waals surface area contributed by atoms with E-state index in [2.05, 4.69) is 22.4 Å². The van der Waals surface area contributed by atoms with Crippen LogP contribution in [-0.2, 0) is 11.0 Å². The second kappa shape index (κ2) is 10.8. The molecule has 6 nitrogen and oxygen atoms in total. The molecule has 2 aromatic carbocycles. The average Bonchev–Trinajstić information content (AvgIpc) is 3.27. The molecule has 1 aromatic heterocycles. The third-order valence-corrected chi connectivity index (χ3v) is 7.01. The van der Waals surface area contributed by atoms with Crippen LogP contribution in [0.1, 0.15) is 43.6 Å². The van der Waals surface area contributed by atoms with Gasteiger partial charge in [-0.05, 0) is 62.6 Å². The monoisotopic (exact) mass is 508 g/mol. The van der Waals surface area contributed by atoms with E-state index in [1.807, 2.05) is 0 Å². The molecule has 0 aliphatic carbocycles. The van der Waals surface area contributed by atoms with Crippen LogP contribution in [-0.4, -0.2) is 39.5 Å². The highest BCUT2D eigenvalue weighted by Crippen LogP contribution is 2.34. The van der Waals surface area contributed by atoms with Gasteiger partial charge in [0, 0.05) is 5.69 Å². The number of alkyl halides is 3. The third-order valence-electron chi connectivity index (χ3n) is 6.08. The maximum absolute atomic E-state index is 13.6. The summed E-state index contributed by atoms with van der Waals surface area (Å²) in [5, 5.41) is 11.4. The van der Waals surface area contributed by atoms with Gasteiger partial charge in [-0.15, -0.1) is 10.2 Å². The van der Waals surface area contributed by atoms with Crippen LogP contribution in [0.2, 0.25) is 0 Å². The van der Waals surface area contributed by atoms with E-state index in [0.717, 1.165) is 43.8 Å². The molecule has 186 valence electrons. The predicted octanol–water partition coefficient (Wildman–Crippen LogP) is 4.29. The van der Waals surface area contributed by atoms with E-state index in [-0.39, 0.29) is 23.3 Å². The van der Waals surface area contributed by atoms with Crippen molar-refractivity contribution in [2.24, 2.45) is 0 Å². The number of para-hydroxylation sites is 1. The number of carbonyl (C=O) groups is 1. The molecular formula is C24H26F4N5OS+. The molecule has 1 amide bonds. The van der Waals surface area contributed by atoms with Crippen molar-refractivity contribution in [3.63, 3.8) is 0 Å². The number of rotatable bonds is 7. The molecule has 1 fully saturated rings. The highest BCUT2D eigenvalue weighted by Gasteiger charge is 2.34. The van der Waals surface area contributed by atoms with Crippen LogP contribution in [0.4, 0.5) is 23.2 Å². The molecule has 1 saturated heterocycles. The molecule has 35 heavy (non-hydrogen) atoms. The number of carbonyl (C=O) groups excluding carboxylic acids is 1. The van der Waals surface area contributed by atoms with Gasteiger partial charge < -0.3 is 10.2 Å². The molecular weight excluding hydrogens is 482 g/mol. The average molecular weight is 509 g/mol. The van der Waals surface area contributed by atoms with Crippen LogP contribution in [0.25, 0.3) is 5.69 Å². The Balaban J connectivity index is 1.55. The van der Waals surface area contributed by atoms with Gasteiger partial charge in [-0.2, -0.15) is 13.2 Å². The minimum atomic E-state index is -4.58. The second-order valence-corrected chi connectivity index (χ2v) is 9.42. The van der Waals surface area contributed by atoms with E-state index in [0.29, 0.717) is 16.7 Å². The Kier molecular flexibility index (Phi) is 7.75. The lowest BCUT2D eigenvalue weighted by molar-refractivity contribution is -0.935. The normalized spacial score (nSPS) is 15.7. The first kappa shape index (κ1) is 25.2. The van der Waals surface area contributed by atoms with Crippen molar-refractivity contribution in [3.8, 4) is 5.69 Å². The molecule has 0 spiro atoms. The molecule has 0 bridgehead atoms. The van der Waals surface area contributed by atoms with Gasteiger partial charge in [-0.1, -0.05) is 23.9 Å². The summed E-state index contributed by atoms with van der Waals surface area (Å²) in [6.07, 6.45) is -1.12. The third kappa shape index (κ3) is 6.02. The Labute approximate surface area is 204 Å². The van der Waals surface area contributed by atoms with Crippen LogP contribution in [0.15, 0.2) is 53.7 Å². The molecule has 0 unspecified atom stereocenters. The number of aromatic nitrogens is 3. The van der Waals surface area contributed by atoms with E-state index in [1.54, 1.807) is 16.7 Å². The highest BCUT2D eigenvalue weighted by molar-refractivity contribution is 7.99. The Hall–Kier alpha value is -2.92. The van der Waals surface area contributed by atoms with Crippen molar-refractivity contribution < 1.29 is 27.3 Å². The lowest BCUT2D eigenvalue weighted by Gasteiger charge is -2.29. The van der Waals surface area contributed by atoms with Crippen LogP contribution >= 0.6 is 11.8 Å². The Morgan fingerprint density at radius 2 is 1.77 bits per heavy atom. The summed E-state index contributed by atoms with van der Waals surface area (Å²) in [5.74, 6) is -0.457. The number of likely N-dealkylation sites (tertiary alicyclic amines) is 1. The number of nitrogens with one attached hydrogen (secondary N) is 2. The number of piperidine rings is 1. The van der Waals surface area contributed by atoms with Gasteiger partial charge in [0.25, 0.3) is 0 Å². The predicted molar refractivity (Wildman–Crippen MR) is 125 cm³/mol. The van der Waals surface area contributed by atoms with Crippen molar-refractivity contribution in [1.29, 1.82) is 0 Å². The first-order valence-corrected chi connectivity index (χ1v) is 12.4. The van der Waals surface area contributed by atoms with Crippen molar-refractivity contribution >= 4 is 23.4 Å². The molecule has 2 heterocycles. The minimum absolute atomic E-state index is 0.0229. The number of anilines is 1. The number of hydrogen-bond acceptors (Lipinski definition) is 4. The van der Waals surface area contributed by atoms with Crippen LogP contribution < -0.4 is 10.2 Å². The van der Waals surface area contributed by atoms with Crippen molar-refractivity contribution in [3.05, 3.63) is 65.7 Å². The van der Waals surface area contributed by atoms with E-state index in [4.69, 9.17) is 0 Å². The summed E-state index contributed by atoms with van der Waals surface area (Å²) in [5.41, 5.74) is -0.554. The SMILES string of the molecule is C[C@@H](c1nnc(SCC(=O)Nc2ccccc2C(F)(F)F)n1-c1ccc(F)cc1)[NH+]1CCCCC1. The summed E-state index contributed by atoms with van der Waals surface area (Å²) < 4.78 is 55.1. The quantitative estimate of drug-likeness (QED) is 0.369. The molecule has 0 radical (unpaired) electrons. The summed E-state index contributed by atoms with van der Waals surface area (Å²) in [6, 6.07) is 10.8. The topological polar surface area (TPSA) is 64.2 Å². The van der Waals surface area contributed by atoms with Gasteiger partial charge in [-0.3, -0.25) is 9.36 Å². The standard InChI is InChI=1S/C24H25F4N5OS/c1-16(32-13-5-2-6-14-32)22-30-31-23(33(22)18-11-9-17(25)10-12-18)35-15-21(34)29-20-8-4-3-7-19(20)24(26,27)28/h3-4,7-12,16H,2,5-6,13-15H2,1H3,(H,29,34)/p+1/t16-/m0/s1. The van der Waals surface area contributed by atoms with Gasteiger partial charge in [0.2, 0.25) is 5.91 Å². The molecule has 0 saturated carbocycles. The van der Waals surface area contributed by atoms with Gasteiger partial charge >= 0.3 is 6.18 Å². The number of amides is 1. The number of hydrogen-bond donors (Lipinski definition) is 2. The summed E-state index contributed by atoms with van der Waals surface area (Å²) in [7, 11) is 0. The van der Waals surface area contributed by atoms with Gasteiger partial charge in [0.05, 0.1) is 30.1 Å². The number of halogens is 4. The number of nitrogens with zero attached hydrogens (tertiary/aromatic N) is 3. The zero-order valence-electron chi connectivity index (χ0n) is 19.1. The molecule has 1 aliphatic rings. The van der Waals surface area contributed by atoms with Crippen molar-refractivity contribution in [1.82, 2.24) is 14.8 Å². The number of thioether (sulfide) groups is 1. The molecule has 4 rings (SSSR count). The molecule has 1 aliphatic heterocycles.